The number of phosphoric ester groups is 3. The summed E-state index contributed by atoms with van der Waals surface area (Å²) in [5.41, 5.74) is 0.972. The van der Waals surface area contributed by atoms with Crippen molar-refractivity contribution in [3.8, 4) is 0 Å². The van der Waals surface area contributed by atoms with E-state index in [9.17, 15) is 53.7 Å². The summed E-state index contributed by atoms with van der Waals surface area (Å²) in [5.74, 6) is 0. The number of nitrogens with one attached hydrogen (secondary N) is 1. The van der Waals surface area contributed by atoms with Crippen molar-refractivity contribution >= 4 is 40.3 Å². The van der Waals surface area contributed by atoms with Crippen LogP contribution in [0.25, 0.3) is 16.8 Å². The van der Waals surface area contributed by atoms with Gasteiger partial charge in [0.1, 0.15) is 30.5 Å². The first-order valence-corrected chi connectivity index (χ1v) is 16.2. The van der Waals surface area contributed by atoms with Crippen LogP contribution in [-0.2, 0) is 41.1 Å². The molecule has 10 atom stereocenters. The number of aliphatic hydroxyl groups is 4. The molecule has 234 valence electrons. The van der Waals surface area contributed by atoms with E-state index in [1.807, 2.05) is 0 Å². The molecule has 3 aromatic heterocycles. The monoisotopic (exact) mass is 664 g/mol. The fraction of sp³-hybridized carbons (Fsp3) is 0.588. The van der Waals surface area contributed by atoms with Crippen LogP contribution in [0.4, 0.5) is 0 Å². The molecule has 0 amide bonds. The summed E-state index contributed by atoms with van der Waals surface area (Å²) in [5, 5.41) is 39.2. The number of phosphoric acid groups is 3. The SMILES string of the molecule is O=P(O)(O)O[C@@H]1[C@H](O)[C@@H](COP(=O)(O)OP(=O)(O)OC[C@H]2O[C@@H](O)[C@H](O)[C@@H]2O)O[C@H]1[n+]1c[nH]c2c3nccn3cnc21. The molecule has 2 aliphatic heterocycles. The maximum absolute atomic E-state index is 12.4. The van der Waals surface area contributed by atoms with E-state index in [0.717, 1.165) is 0 Å². The van der Waals surface area contributed by atoms with Crippen LogP contribution in [0.15, 0.2) is 25.0 Å². The molecule has 0 radical (unpaired) electrons. The summed E-state index contributed by atoms with van der Waals surface area (Å²) in [6, 6.07) is 0. The molecule has 2 unspecified atom stereocenters. The van der Waals surface area contributed by atoms with Gasteiger partial charge in [0, 0.05) is 12.4 Å². The highest BCUT2D eigenvalue weighted by Gasteiger charge is 2.52. The summed E-state index contributed by atoms with van der Waals surface area (Å²) in [6.45, 7) is -1.99. The minimum Gasteiger partial charge on any atom is -0.387 e. The lowest BCUT2D eigenvalue weighted by atomic mass is 10.1. The first-order chi connectivity index (χ1) is 19.6. The van der Waals surface area contributed by atoms with E-state index in [1.54, 1.807) is 10.6 Å². The molecule has 22 nitrogen and oxygen atoms in total. The Morgan fingerprint density at radius 1 is 0.929 bits per heavy atom. The van der Waals surface area contributed by atoms with Gasteiger partial charge >= 0.3 is 29.1 Å². The number of aliphatic hydroxyl groups excluding tert-OH is 4. The smallest absolute Gasteiger partial charge is 0.387 e. The highest BCUT2D eigenvalue weighted by molar-refractivity contribution is 7.61. The predicted octanol–water partition coefficient (Wildman–Crippen LogP) is -3.08. The quantitative estimate of drug-likeness (QED) is 0.0725. The zero-order valence-electron chi connectivity index (χ0n) is 20.7. The van der Waals surface area contributed by atoms with Crippen molar-refractivity contribution in [3.63, 3.8) is 0 Å². The highest BCUT2D eigenvalue weighted by Crippen LogP contribution is 2.60. The molecule has 2 fully saturated rings. The van der Waals surface area contributed by atoms with Gasteiger partial charge in [-0.15, -0.1) is 0 Å². The number of aromatic nitrogens is 5. The zero-order chi connectivity index (χ0) is 30.6. The molecule has 0 aliphatic carbocycles. The summed E-state index contributed by atoms with van der Waals surface area (Å²) in [6.07, 6.45) is -7.76. The van der Waals surface area contributed by atoms with Crippen molar-refractivity contribution in [1.29, 1.82) is 0 Å². The van der Waals surface area contributed by atoms with E-state index >= 15 is 0 Å². The van der Waals surface area contributed by atoms with Crippen LogP contribution in [0, 0.1) is 0 Å². The van der Waals surface area contributed by atoms with Crippen molar-refractivity contribution in [3.05, 3.63) is 25.0 Å². The number of H-pyrrole nitrogens is 1. The fourth-order valence-electron chi connectivity index (χ4n) is 4.33. The molecule has 0 bridgehead atoms. The van der Waals surface area contributed by atoms with Crippen molar-refractivity contribution in [2.75, 3.05) is 13.2 Å². The van der Waals surface area contributed by atoms with Gasteiger partial charge in [-0.05, 0) is 0 Å². The largest absolute Gasteiger partial charge is 0.481 e. The molecule has 25 heteroatoms. The molecular formula is C17H25N5O17P3+. The maximum atomic E-state index is 12.4. The second-order valence-corrected chi connectivity index (χ2v) is 13.3. The van der Waals surface area contributed by atoms with Crippen molar-refractivity contribution in [1.82, 2.24) is 19.4 Å². The molecule has 9 N–H and O–H groups in total. The number of imidazole rings is 2. The molecule has 3 aromatic rings. The predicted molar refractivity (Wildman–Crippen MR) is 127 cm³/mol. The lowest BCUT2D eigenvalue weighted by Crippen LogP contribution is -2.46. The summed E-state index contributed by atoms with van der Waals surface area (Å²) in [7, 11) is -16.1. The second-order valence-electron chi connectivity index (χ2n) is 9.05. The summed E-state index contributed by atoms with van der Waals surface area (Å²) < 4.78 is 67.4. The topological polar surface area (TPSA) is 318 Å². The lowest BCUT2D eigenvalue weighted by Gasteiger charge is -2.21. The van der Waals surface area contributed by atoms with Crippen LogP contribution in [0.5, 0.6) is 0 Å². The van der Waals surface area contributed by atoms with Gasteiger partial charge in [-0.25, -0.2) is 23.2 Å². The Labute approximate surface area is 233 Å². The molecule has 2 saturated heterocycles. The lowest BCUT2D eigenvalue weighted by molar-refractivity contribution is -0.744. The van der Waals surface area contributed by atoms with Crippen LogP contribution in [0.2, 0.25) is 0 Å². The van der Waals surface area contributed by atoms with Gasteiger partial charge in [-0.1, -0.05) is 4.98 Å². The maximum Gasteiger partial charge on any atom is 0.481 e. The normalized spacial score (nSPS) is 33.3. The van der Waals surface area contributed by atoms with E-state index in [1.165, 1.54) is 23.4 Å². The molecule has 0 spiro atoms. The molecule has 0 saturated carbocycles. The zero-order valence-corrected chi connectivity index (χ0v) is 23.4. The molecule has 42 heavy (non-hydrogen) atoms. The minimum atomic E-state index is -5.46. The molecular weight excluding hydrogens is 639 g/mol. The fourth-order valence-corrected chi connectivity index (χ4v) is 6.96. The third-order valence-corrected chi connectivity index (χ3v) is 9.33. The number of fused-ring (bicyclic) bond motifs is 3. The average molecular weight is 664 g/mol. The van der Waals surface area contributed by atoms with Crippen LogP contribution in [0.1, 0.15) is 6.23 Å². The molecule has 5 rings (SSSR count). The Morgan fingerprint density at radius 2 is 1.57 bits per heavy atom. The number of rotatable bonds is 11. The van der Waals surface area contributed by atoms with E-state index in [2.05, 4.69) is 28.3 Å². The van der Waals surface area contributed by atoms with Crippen LogP contribution in [0.3, 0.4) is 0 Å². The van der Waals surface area contributed by atoms with Gasteiger partial charge < -0.3 is 49.5 Å². The highest BCUT2D eigenvalue weighted by atomic mass is 31.3. The molecule has 0 aromatic carbocycles. The summed E-state index contributed by atoms with van der Waals surface area (Å²) >= 11 is 0. The standard InChI is InChI=1S/C17H24N5O17P3/c23-10-7(37-17(26)12(10)25)3-34-41(30,31)39-42(32,33)35-4-8-11(24)13(38-40(27,28)29)16(36-8)22-6-19-9-14-18-1-2-21(14)5-20-15(9)22/h1-2,5-8,10-13,16-17,23-26H,3-4H2,(H4,27,28,29,30,31,32,33)/p+1/t7-,8-,10-,11-,12-,13-,16-,17-/m1/s1. The van der Waals surface area contributed by atoms with Gasteiger partial charge in [0.05, 0.1) is 13.2 Å². The van der Waals surface area contributed by atoms with Crippen molar-refractivity contribution < 1.29 is 85.6 Å². The van der Waals surface area contributed by atoms with Crippen LogP contribution < -0.4 is 4.57 Å². The first-order valence-electron chi connectivity index (χ1n) is 11.7. The molecule has 5 heterocycles. The van der Waals surface area contributed by atoms with Crippen LogP contribution in [-0.4, -0.2) is 115 Å². The number of ether oxygens (including phenoxy) is 2. The van der Waals surface area contributed by atoms with E-state index < -0.39 is 85.8 Å². The van der Waals surface area contributed by atoms with Gasteiger partial charge in [0.25, 0.3) is 0 Å². The van der Waals surface area contributed by atoms with Gasteiger partial charge in [0.15, 0.2) is 30.7 Å². The first kappa shape index (κ1) is 31.6. The number of hydrogen-bond acceptors (Lipinski definition) is 15. The van der Waals surface area contributed by atoms with Crippen molar-refractivity contribution in [2.45, 2.75) is 49.1 Å². The number of aromatic amines is 1. The van der Waals surface area contributed by atoms with Crippen molar-refractivity contribution in [2.24, 2.45) is 0 Å². The van der Waals surface area contributed by atoms with E-state index in [0.29, 0.717) is 11.2 Å². The Balaban J connectivity index is 1.27. The third kappa shape index (κ3) is 6.65. The van der Waals surface area contributed by atoms with Gasteiger partial charge in [-0.3, -0.25) is 23.0 Å². The van der Waals surface area contributed by atoms with Gasteiger partial charge in [0.2, 0.25) is 11.7 Å². The minimum absolute atomic E-state index is 0.165. The van der Waals surface area contributed by atoms with Crippen LogP contribution >= 0.6 is 23.5 Å². The Morgan fingerprint density at radius 3 is 2.17 bits per heavy atom. The van der Waals surface area contributed by atoms with Gasteiger partial charge in [-0.2, -0.15) is 4.31 Å². The van der Waals surface area contributed by atoms with E-state index in [-0.39, 0.29) is 5.65 Å². The number of nitrogens with zero attached hydrogens (tertiary/aromatic N) is 4. The summed E-state index contributed by atoms with van der Waals surface area (Å²) in [4.78, 5) is 49.8. The Hall–Kier alpha value is -1.78. The molecule has 2 aliphatic rings. The van der Waals surface area contributed by atoms with E-state index in [4.69, 9.17) is 14.0 Å². The average Bonchev–Trinajstić information content (AvgIpc) is 3.64. The third-order valence-electron chi connectivity index (χ3n) is 6.21. The Kier molecular flexibility index (Phi) is 8.75. The second kappa shape index (κ2) is 11.6. The Bertz CT molecular complexity index is 1580. The number of hydrogen-bond donors (Lipinski definition) is 9.